The second-order valence-corrected chi connectivity index (χ2v) is 11.8. The molecule has 8 heteroatoms. The van der Waals surface area contributed by atoms with Crippen LogP contribution in [-0.4, -0.2) is 29.5 Å². The van der Waals surface area contributed by atoms with Gasteiger partial charge >= 0.3 is 5.97 Å². The number of benzene rings is 4. The lowest BCUT2D eigenvalue weighted by Crippen LogP contribution is -2.31. The van der Waals surface area contributed by atoms with Crippen molar-refractivity contribution in [3.63, 3.8) is 0 Å². The number of hydrogen-bond acceptors (Lipinski definition) is 4. The molecule has 4 aromatic carbocycles. The molecule has 1 unspecified atom stereocenters. The molecule has 216 valence electrons. The van der Waals surface area contributed by atoms with Gasteiger partial charge in [-0.15, -0.1) is 0 Å². The third-order valence-corrected chi connectivity index (χ3v) is 7.19. The Kier molecular flexibility index (Phi) is 9.80. The number of hydrogen-bond donors (Lipinski definition) is 3. The first-order valence-corrected chi connectivity index (χ1v) is 14.3. The first kappa shape index (κ1) is 30.5. The lowest BCUT2D eigenvalue weighted by Gasteiger charge is -2.20. The second kappa shape index (κ2) is 13.5. The lowest BCUT2D eigenvalue weighted by atomic mass is 9.87. The molecule has 0 saturated carbocycles. The summed E-state index contributed by atoms with van der Waals surface area (Å²) < 4.78 is 6.28. The zero-order valence-electron chi connectivity index (χ0n) is 23.7. The Labute approximate surface area is 254 Å². The van der Waals surface area contributed by atoms with Gasteiger partial charge in [-0.2, -0.15) is 0 Å². The largest absolute Gasteiger partial charge is 0.484 e. The molecule has 0 saturated heterocycles. The summed E-state index contributed by atoms with van der Waals surface area (Å²) in [5.74, 6) is -1.46. The molecule has 4 aromatic rings. The van der Waals surface area contributed by atoms with E-state index in [1.807, 2.05) is 78.9 Å². The Morgan fingerprint density at radius 2 is 1.50 bits per heavy atom. The summed E-state index contributed by atoms with van der Waals surface area (Å²) in [5.41, 5.74) is 4.27. The number of nitrogens with one attached hydrogen (secondary N) is 2. The minimum absolute atomic E-state index is 0.00352. The number of aliphatic carboxylic acids is 1. The van der Waals surface area contributed by atoms with E-state index in [4.69, 9.17) is 4.74 Å². The number of anilines is 1. The van der Waals surface area contributed by atoms with Crippen LogP contribution < -0.4 is 15.4 Å². The van der Waals surface area contributed by atoms with Crippen molar-refractivity contribution in [2.24, 2.45) is 0 Å². The highest BCUT2D eigenvalue weighted by Gasteiger charge is 2.22. The van der Waals surface area contributed by atoms with Crippen molar-refractivity contribution in [1.29, 1.82) is 0 Å². The monoisotopic (exact) mass is 628 g/mol. The molecule has 0 fully saturated rings. The molecule has 4 rings (SSSR count). The van der Waals surface area contributed by atoms with Crippen molar-refractivity contribution in [1.82, 2.24) is 5.32 Å². The smallest absolute Gasteiger partial charge is 0.305 e. The lowest BCUT2D eigenvalue weighted by molar-refractivity contribution is -0.137. The van der Waals surface area contributed by atoms with Gasteiger partial charge in [-0.05, 0) is 58.0 Å². The Morgan fingerprint density at radius 3 is 2.12 bits per heavy atom. The van der Waals surface area contributed by atoms with Crippen molar-refractivity contribution < 1.29 is 24.2 Å². The van der Waals surface area contributed by atoms with E-state index in [2.05, 4.69) is 47.3 Å². The SMILES string of the molecule is CC(C)(C)c1ccc(OCC(=O)Nc2ccc(Br)cc2C(=O)NC(CC(=O)O)c2ccc(-c3ccccc3)cc2)cc1. The van der Waals surface area contributed by atoms with Crippen LogP contribution in [0.1, 0.15) is 54.7 Å². The average Bonchev–Trinajstić information content (AvgIpc) is 2.96. The minimum Gasteiger partial charge on any atom is -0.484 e. The van der Waals surface area contributed by atoms with Crippen molar-refractivity contribution in [2.45, 2.75) is 38.6 Å². The summed E-state index contributed by atoms with van der Waals surface area (Å²) in [6.07, 6.45) is -0.312. The molecule has 3 N–H and O–H groups in total. The van der Waals surface area contributed by atoms with E-state index in [-0.39, 0.29) is 29.7 Å². The number of ether oxygens (including phenoxy) is 1. The molecule has 0 aliphatic rings. The summed E-state index contributed by atoms with van der Waals surface area (Å²) in [6, 6.07) is 28.9. The molecule has 0 aliphatic carbocycles. The fourth-order valence-corrected chi connectivity index (χ4v) is 4.76. The van der Waals surface area contributed by atoms with E-state index in [9.17, 15) is 19.5 Å². The molecule has 1 atom stereocenters. The highest BCUT2D eigenvalue weighted by atomic mass is 79.9. The van der Waals surface area contributed by atoms with Gasteiger partial charge in [0.1, 0.15) is 5.75 Å². The van der Waals surface area contributed by atoms with Crippen LogP contribution >= 0.6 is 15.9 Å². The van der Waals surface area contributed by atoms with Gasteiger partial charge < -0.3 is 20.5 Å². The first-order chi connectivity index (χ1) is 20.0. The van der Waals surface area contributed by atoms with Crippen LogP contribution in [0.25, 0.3) is 11.1 Å². The zero-order valence-corrected chi connectivity index (χ0v) is 25.3. The summed E-state index contributed by atoms with van der Waals surface area (Å²) in [7, 11) is 0. The molecule has 7 nitrogen and oxygen atoms in total. The van der Waals surface area contributed by atoms with Crippen molar-refractivity contribution in [2.75, 3.05) is 11.9 Å². The zero-order chi connectivity index (χ0) is 30.3. The summed E-state index contributed by atoms with van der Waals surface area (Å²) in [5, 5.41) is 15.1. The molecule has 0 aromatic heterocycles. The maximum Gasteiger partial charge on any atom is 0.305 e. The van der Waals surface area contributed by atoms with E-state index < -0.39 is 23.8 Å². The van der Waals surface area contributed by atoms with Crippen LogP contribution in [0.5, 0.6) is 5.75 Å². The number of halogens is 1. The van der Waals surface area contributed by atoms with Gasteiger partial charge in [-0.1, -0.05) is 103 Å². The van der Waals surface area contributed by atoms with Gasteiger partial charge in [0.05, 0.1) is 23.7 Å². The second-order valence-electron chi connectivity index (χ2n) is 10.9. The van der Waals surface area contributed by atoms with Gasteiger partial charge in [0, 0.05) is 4.47 Å². The number of amides is 2. The Morgan fingerprint density at radius 1 is 0.857 bits per heavy atom. The predicted octanol–water partition coefficient (Wildman–Crippen LogP) is 7.38. The van der Waals surface area contributed by atoms with Gasteiger partial charge in [0.2, 0.25) is 0 Å². The topological polar surface area (TPSA) is 105 Å². The molecule has 0 radical (unpaired) electrons. The maximum absolute atomic E-state index is 13.4. The molecular formula is C34H33BrN2O5. The van der Waals surface area contributed by atoms with Crippen LogP contribution in [0.2, 0.25) is 0 Å². The van der Waals surface area contributed by atoms with Crippen LogP contribution in [0.15, 0.2) is 102 Å². The van der Waals surface area contributed by atoms with E-state index in [1.165, 1.54) is 0 Å². The molecule has 0 aliphatic heterocycles. The molecule has 0 bridgehead atoms. The van der Waals surface area contributed by atoms with E-state index in [0.717, 1.165) is 16.7 Å². The predicted molar refractivity (Wildman–Crippen MR) is 168 cm³/mol. The summed E-state index contributed by atoms with van der Waals surface area (Å²) in [4.78, 5) is 37.9. The van der Waals surface area contributed by atoms with Crippen molar-refractivity contribution in [3.8, 4) is 16.9 Å². The minimum atomic E-state index is -1.05. The van der Waals surface area contributed by atoms with Gasteiger partial charge in [-0.3, -0.25) is 14.4 Å². The van der Waals surface area contributed by atoms with Crippen molar-refractivity contribution >= 4 is 39.4 Å². The first-order valence-electron chi connectivity index (χ1n) is 13.5. The third-order valence-electron chi connectivity index (χ3n) is 6.69. The van der Waals surface area contributed by atoms with E-state index >= 15 is 0 Å². The molecular weight excluding hydrogens is 596 g/mol. The molecule has 0 heterocycles. The summed E-state index contributed by atoms with van der Waals surface area (Å²) in [6.45, 7) is 6.11. The molecule has 42 heavy (non-hydrogen) atoms. The van der Waals surface area contributed by atoms with E-state index in [1.54, 1.807) is 18.2 Å². The fourth-order valence-electron chi connectivity index (χ4n) is 4.40. The number of carbonyl (C=O) groups is 3. The van der Waals surface area contributed by atoms with Crippen LogP contribution in [0, 0.1) is 0 Å². The standard InChI is InChI=1S/C34H33BrN2O5/c1-34(2,3)25-13-16-27(17-14-25)42-21-31(38)36-29-18-15-26(35)19-28(29)33(41)37-30(20-32(39)40)24-11-9-23(10-12-24)22-7-5-4-6-8-22/h4-19,30H,20-21H2,1-3H3,(H,36,38)(H,37,41)(H,39,40). The number of carbonyl (C=O) groups excluding carboxylic acids is 2. The molecule has 0 spiro atoms. The Bertz CT molecular complexity index is 1550. The van der Waals surface area contributed by atoms with E-state index in [0.29, 0.717) is 15.8 Å². The number of rotatable bonds is 10. The van der Waals surface area contributed by atoms with Gasteiger partial charge in [0.15, 0.2) is 6.61 Å². The molecule has 2 amide bonds. The van der Waals surface area contributed by atoms with Crippen molar-refractivity contribution in [3.05, 3.63) is 118 Å². The van der Waals surface area contributed by atoms with Gasteiger partial charge in [0.25, 0.3) is 11.8 Å². The quantitative estimate of drug-likeness (QED) is 0.170. The van der Waals surface area contributed by atoms with Crippen LogP contribution in [0.4, 0.5) is 5.69 Å². The Balaban J connectivity index is 1.46. The normalized spacial score (nSPS) is 11.8. The van der Waals surface area contributed by atoms with Gasteiger partial charge in [-0.25, -0.2) is 0 Å². The maximum atomic E-state index is 13.4. The average molecular weight is 630 g/mol. The van der Waals surface area contributed by atoms with Crippen LogP contribution in [0.3, 0.4) is 0 Å². The number of carboxylic acid groups (broad SMARTS) is 1. The fraction of sp³-hybridized carbons (Fsp3) is 0.206. The third kappa shape index (κ3) is 8.30. The number of carboxylic acids is 1. The highest BCUT2D eigenvalue weighted by Crippen LogP contribution is 2.27. The summed E-state index contributed by atoms with van der Waals surface area (Å²) >= 11 is 3.38. The Hall–Kier alpha value is -4.43. The highest BCUT2D eigenvalue weighted by molar-refractivity contribution is 9.10. The van der Waals surface area contributed by atoms with Crippen LogP contribution in [-0.2, 0) is 15.0 Å².